The average molecular weight is 486 g/mol. The van der Waals surface area contributed by atoms with Gasteiger partial charge in [0.1, 0.15) is 34.1 Å². The largest absolute Gasteiger partial charge is 0.478 e. The van der Waals surface area contributed by atoms with Gasteiger partial charge in [0, 0.05) is 29.8 Å². The molecule has 0 aliphatic carbocycles. The maximum absolute atomic E-state index is 13.7. The highest BCUT2D eigenvalue weighted by molar-refractivity contribution is 6.00. The quantitative estimate of drug-likeness (QED) is 0.189. The summed E-state index contributed by atoms with van der Waals surface area (Å²) in [7, 11) is 0. The number of carboxylic acids is 1. The van der Waals surface area contributed by atoms with Gasteiger partial charge in [-0.1, -0.05) is 56.3 Å². The highest BCUT2D eigenvalue weighted by atomic mass is 16.4. The first-order chi connectivity index (χ1) is 17.1. The van der Waals surface area contributed by atoms with E-state index in [9.17, 15) is 14.7 Å². The Bertz CT molecular complexity index is 1560. The van der Waals surface area contributed by atoms with Crippen LogP contribution in [0.15, 0.2) is 59.5 Å². The van der Waals surface area contributed by atoms with Gasteiger partial charge in [-0.05, 0) is 17.2 Å². The van der Waals surface area contributed by atoms with Crippen LogP contribution >= 0.6 is 0 Å². The Morgan fingerprint density at radius 3 is 2.25 bits per heavy atom. The number of nitrogens with two attached hydrogens (primary N) is 2. The molecule has 0 amide bonds. The van der Waals surface area contributed by atoms with E-state index in [1.165, 1.54) is 10.8 Å². The van der Waals surface area contributed by atoms with Crippen molar-refractivity contribution in [1.29, 1.82) is 10.8 Å². The summed E-state index contributed by atoms with van der Waals surface area (Å²) in [5, 5.41) is 25.2. The summed E-state index contributed by atoms with van der Waals surface area (Å²) >= 11 is 0. The number of aromatic carboxylic acids is 1. The second kappa shape index (κ2) is 9.49. The van der Waals surface area contributed by atoms with Crippen LogP contribution in [0.4, 0.5) is 0 Å². The van der Waals surface area contributed by atoms with E-state index in [4.69, 9.17) is 22.3 Å². The van der Waals surface area contributed by atoms with Gasteiger partial charge in [0.2, 0.25) is 0 Å². The monoisotopic (exact) mass is 485 g/mol. The van der Waals surface area contributed by atoms with Gasteiger partial charge >= 0.3 is 5.97 Å². The van der Waals surface area contributed by atoms with Gasteiger partial charge in [-0.25, -0.2) is 9.78 Å². The molecule has 0 spiro atoms. The Kier molecular flexibility index (Phi) is 6.43. The Hall–Kier alpha value is -4.73. The molecule has 0 bridgehead atoms. The van der Waals surface area contributed by atoms with Crippen LogP contribution in [-0.2, 0) is 13.1 Å². The van der Waals surface area contributed by atoms with Gasteiger partial charge in [0.15, 0.2) is 0 Å². The minimum atomic E-state index is -1.18. The van der Waals surface area contributed by atoms with Crippen LogP contribution in [0, 0.1) is 10.8 Å². The number of amidine groups is 2. The number of aromatic nitrogens is 3. The molecule has 2 aromatic carbocycles. The highest BCUT2D eigenvalue weighted by Gasteiger charge is 2.24. The van der Waals surface area contributed by atoms with Crippen molar-refractivity contribution in [3.63, 3.8) is 0 Å². The molecule has 0 unspecified atom stereocenters. The van der Waals surface area contributed by atoms with E-state index >= 15 is 0 Å². The molecule has 0 saturated heterocycles. The van der Waals surface area contributed by atoms with Crippen LogP contribution in [-0.4, -0.2) is 36.9 Å². The molecule has 0 aliphatic heterocycles. The third-order valence-electron chi connectivity index (χ3n) is 5.94. The summed E-state index contributed by atoms with van der Waals surface area (Å²) in [5.74, 6) is -0.808. The summed E-state index contributed by atoms with van der Waals surface area (Å²) in [4.78, 5) is 30.5. The topological polar surface area (TPSA) is 177 Å². The Morgan fingerprint density at radius 1 is 1.00 bits per heavy atom. The molecule has 36 heavy (non-hydrogen) atoms. The molecule has 184 valence electrons. The second-order valence-corrected chi connectivity index (χ2v) is 8.91. The normalized spacial score (nSPS) is 11.2. The lowest BCUT2D eigenvalue weighted by Gasteiger charge is -2.13. The number of nitrogens with zero attached hydrogens (tertiary/aromatic N) is 3. The second-order valence-electron chi connectivity index (χ2n) is 8.91. The maximum atomic E-state index is 13.7. The van der Waals surface area contributed by atoms with Crippen LogP contribution in [0.1, 0.15) is 58.2 Å². The fourth-order valence-electron chi connectivity index (χ4n) is 4.17. The minimum Gasteiger partial charge on any atom is -0.478 e. The van der Waals surface area contributed by atoms with Crippen LogP contribution in [0.25, 0.3) is 11.0 Å². The predicted octanol–water partition coefficient (Wildman–Crippen LogP) is 2.68. The molecule has 2 aromatic heterocycles. The Morgan fingerprint density at radius 2 is 1.67 bits per heavy atom. The molecular weight excluding hydrogens is 458 g/mol. The zero-order chi connectivity index (χ0) is 26.1. The summed E-state index contributed by atoms with van der Waals surface area (Å²) in [6.07, 6.45) is 1.32. The molecule has 0 saturated carbocycles. The molecule has 4 aromatic rings. The van der Waals surface area contributed by atoms with Crippen molar-refractivity contribution in [3.05, 3.63) is 98.7 Å². The molecular formula is C26H27N7O3. The van der Waals surface area contributed by atoms with Gasteiger partial charge in [-0.2, -0.15) is 0 Å². The van der Waals surface area contributed by atoms with Crippen molar-refractivity contribution in [1.82, 2.24) is 14.1 Å². The zero-order valence-electron chi connectivity index (χ0n) is 19.9. The lowest BCUT2D eigenvalue weighted by molar-refractivity contribution is 0.0698. The van der Waals surface area contributed by atoms with E-state index in [1.54, 1.807) is 47.0 Å². The highest BCUT2D eigenvalue weighted by Crippen LogP contribution is 2.24. The molecule has 10 heteroatoms. The molecule has 0 radical (unpaired) electrons. The number of nitrogens with one attached hydrogen (secondary N) is 2. The van der Waals surface area contributed by atoms with Crippen molar-refractivity contribution in [3.8, 4) is 0 Å². The van der Waals surface area contributed by atoms with Gasteiger partial charge < -0.3 is 25.7 Å². The third kappa shape index (κ3) is 4.61. The van der Waals surface area contributed by atoms with Crippen LogP contribution in [0.2, 0.25) is 0 Å². The maximum Gasteiger partial charge on any atom is 0.339 e. The van der Waals surface area contributed by atoms with Crippen molar-refractivity contribution in [2.75, 3.05) is 0 Å². The number of carbonyl (C=O) groups is 1. The van der Waals surface area contributed by atoms with Crippen molar-refractivity contribution in [2.24, 2.45) is 11.5 Å². The third-order valence-corrected chi connectivity index (χ3v) is 5.94. The van der Waals surface area contributed by atoms with Gasteiger partial charge in [-0.3, -0.25) is 15.6 Å². The predicted molar refractivity (Wildman–Crippen MR) is 138 cm³/mol. The molecule has 4 rings (SSSR count). The number of hydrogen-bond donors (Lipinski definition) is 5. The van der Waals surface area contributed by atoms with Crippen LogP contribution in [0.5, 0.6) is 0 Å². The average Bonchev–Trinajstić information content (AvgIpc) is 3.21. The van der Waals surface area contributed by atoms with Crippen LogP contribution in [0.3, 0.4) is 0 Å². The Balaban J connectivity index is 1.90. The first kappa shape index (κ1) is 24.4. The molecule has 0 atom stereocenters. The molecule has 2 heterocycles. The molecule has 0 fully saturated rings. The number of nitrogen functional groups attached to an aromatic ring is 2. The van der Waals surface area contributed by atoms with Gasteiger partial charge in [-0.15, -0.1) is 0 Å². The van der Waals surface area contributed by atoms with Gasteiger partial charge in [0.25, 0.3) is 5.56 Å². The fraction of sp³-hybridized carbons (Fsp3) is 0.192. The lowest BCUT2D eigenvalue weighted by Crippen LogP contribution is -2.25. The number of benzene rings is 2. The van der Waals surface area contributed by atoms with Crippen molar-refractivity contribution in [2.45, 2.75) is 32.9 Å². The first-order valence-corrected chi connectivity index (χ1v) is 11.3. The number of hydrogen-bond acceptors (Lipinski definition) is 5. The smallest absolute Gasteiger partial charge is 0.339 e. The van der Waals surface area contributed by atoms with Crippen molar-refractivity contribution >= 4 is 28.7 Å². The van der Waals surface area contributed by atoms with E-state index in [0.29, 0.717) is 17.0 Å². The minimum absolute atomic E-state index is 0.0627. The molecule has 7 N–H and O–H groups in total. The number of pyridine rings is 1. The summed E-state index contributed by atoms with van der Waals surface area (Å²) in [5.41, 5.74) is 13.7. The summed E-state index contributed by atoms with van der Waals surface area (Å²) in [6.45, 7) is 4.25. The van der Waals surface area contributed by atoms with Crippen LogP contribution < -0.4 is 17.0 Å². The van der Waals surface area contributed by atoms with E-state index in [0.717, 1.165) is 11.1 Å². The SMILES string of the molecule is CC(C)c1nc2c(C(=O)O)cn(Cc3ccc(C(=N)N)cc3)c(=O)c2n1Cc1cccc(C(=N)N)c1. The lowest BCUT2D eigenvalue weighted by atomic mass is 10.1. The van der Waals surface area contributed by atoms with E-state index in [1.807, 2.05) is 19.9 Å². The molecule has 10 nitrogen and oxygen atoms in total. The summed E-state index contributed by atoms with van der Waals surface area (Å²) in [6, 6.07) is 14.0. The Labute approximate surface area is 206 Å². The van der Waals surface area contributed by atoms with Gasteiger partial charge in [0.05, 0.1) is 6.54 Å². The zero-order valence-corrected chi connectivity index (χ0v) is 19.9. The first-order valence-electron chi connectivity index (χ1n) is 11.3. The fourth-order valence-corrected chi connectivity index (χ4v) is 4.17. The van der Waals surface area contributed by atoms with E-state index in [-0.39, 0.29) is 52.8 Å². The van der Waals surface area contributed by atoms with E-state index in [2.05, 4.69) is 4.98 Å². The standard InChI is InChI=1S/C26H27N7O3/c1-14(2)24-31-20-19(26(35)36)13-32(11-15-6-8-17(9-7-15)22(27)28)25(34)21(20)33(24)12-16-4-3-5-18(10-16)23(29)30/h3-10,13-14H,11-12H2,1-2H3,(H3,27,28)(H3,29,30)(H,35,36). The van der Waals surface area contributed by atoms with E-state index < -0.39 is 5.97 Å². The number of carboxylic acid groups (broad SMARTS) is 1. The summed E-state index contributed by atoms with van der Waals surface area (Å²) < 4.78 is 3.12. The number of fused-ring (bicyclic) bond motifs is 1. The van der Waals surface area contributed by atoms with Crippen molar-refractivity contribution < 1.29 is 9.90 Å². The number of rotatable bonds is 8. The number of imidazole rings is 1. The molecule has 0 aliphatic rings.